The normalized spacial score (nSPS) is 13.5. The average molecular weight is 350 g/mol. The van der Waals surface area contributed by atoms with Crippen molar-refractivity contribution in [1.29, 1.82) is 0 Å². The second-order valence-electron chi connectivity index (χ2n) is 6.33. The van der Waals surface area contributed by atoms with Gasteiger partial charge in [0.05, 0.1) is 24.1 Å². The summed E-state index contributed by atoms with van der Waals surface area (Å²) in [5.74, 6) is -0.482. The van der Waals surface area contributed by atoms with Gasteiger partial charge >= 0.3 is 5.97 Å². The summed E-state index contributed by atoms with van der Waals surface area (Å²) in [5, 5.41) is 4.50. The van der Waals surface area contributed by atoms with E-state index in [4.69, 9.17) is 0 Å². The highest BCUT2D eigenvalue weighted by Gasteiger charge is 2.24. The number of hydrogen-bond acceptors (Lipinski definition) is 5. The molecule has 2 aromatic heterocycles. The number of ether oxygens (including phenoxy) is 1. The third-order valence-corrected chi connectivity index (χ3v) is 4.61. The third-order valence-electron chi connectivity index (χ3n) is 4.61. The maximum absolute atomic E-state index is 12.8. The van der Waals surface area contributed by atoms with Crippen molar-refractivity contribution < 1.29 is 14.3 Å². The van der Waals surface area contributed by atoms with Crippen LogP contribution in [0, 0.1) is 6.92 Å². The molecule has 0 bridgehead atoms. The lowest BCUT2D eigenvalue weighted by Gasteiger charge is -2.28. The van der Waals surface area contributed by atoms with Crippen molar-refractivity contribution in [1.82, 2.24) is 19.5 Å². The number of aryl methyl sites for hydroxylation is 1. The van der Waals surface area contributed by atoms with E-state index in [1.54, 1.807) is 29.2 Å². The lowest BCUT2D eigenvalue weighted by atomic mass is 10.1. The zero-order valence-electron chi connectivity index (χ0n) is 14.6. The molecule has 0 fully saturated rings. The van der Waals surface area contributed by atoms with Gasteiger partial charge < -0.3 is 9.64 Å². The lowest BCUT2D eigenvalue weighted by molar-refractivity contribution is 0.0599. The Kier molecular flexibility index (Phi) is 3.91. The van der Waals surface area contributed by atoms with Crippen LogP contribution in [0.1, 0.15) is 37.7 Å². The van der Waals surface area contributed by atoms with Crippen molar-refractivity contribution in [2.45, 2.75) is 19.9 Å². The maximum Gasteiger partial charge on any atom is 0.337 e. The van der Waals surface area contributed by atoms with Crippen LogP contribution in [-0.2, 0) is 17.7 Å². The summed E-state index contributed by atoms with van der Waals surface area (Å²) in [6.07, 6.45) is 2.55. The lowest BCUT2D eigenvalue weighted by Crippen LogP contribution is -2.37. The van der Waals surface area contributed by atoms with Crippen molar-refractivity contribution in [2.75, 3.05) is 13.7 Å². The molecule has 1 aliphatic heterocycles. The highest BCUT2D eigenvalue weighted by molar-refractivity contribution is 5.96. The number of benzene rings is 1. The van der Waals surface area contributed by atoms with Crippen LogP contribution in [0.5, 0.6) is 0 Å². The van der Waals surface area contributed by atoms with Crippen LogP contribution in [0.25, 0.3) is 5.65 Å². The van der Waals surface area contributed by atoms with Crippen molar-refractivity contribution in [3.05, 3.63) is 64.6 Å². The molecule has 132 valence electrons. The molecule has 4 rings (SSSR count). The first-order valence-electron chi connectivity index (χ1n) is 8.37. The Labute approximate surface area is 150 Å². The molecule has 3 aromatic rings. The molecule has 0 saturated carbocycles. The Balaban J connectivity index is 1.57. The first kappa shape index (κ1) is 16.3. The molecule has 0 unspecified atom stereocenters. The Morgan fingerprint density at radius 3 is 2.62 bits per heavy atom. The van der Waals surface area contributed by atoms with Crippen LogP contribution >= 0.6 is 0 Å². The standard InChI is InChI=1S/C19H18N4O3/c1-12-9-17-20-10-15-11-22(8-7-16(15)23(17)21-12)18(24)13-3-5-14(6-4-13)19(25)26-2/h3-6,9-10H,7-8,11H2,1-2H3. The van der Waals surface area contributed by atoms with Gasteiger partial charge in [0.2, 0.25) is 0 Å². The zero-order valence-corrected chi connectivity index (χ0v) is 14.6. The number of carbonyl (C=O) groups is 2. The minimum atomic E-state index is -0.416. The van der Waals surface area contributed by atoms with E-state index in [0.29, 0.717) is 24.2 Å². The van der Waals surface area contributed by atoms with Gasteiger partial charge in [-0.15, -0.1) is 0 Å². The molecule has 0 atom stereocenters. The van der Waals surface area contributed by atoms with E-state index in [1.807, 2.05) is 23.7 Å². The van der Waals surface area contributed by atoms with Gasteiger partial charge in [-0.2, -0.15) is 5.10 Å². The first-order chi connectivity index (χ1) is 12.6. The van der Waals surface area contributed by atoms with Crippen LogP contribution in [0.15, 0.2) is 36.5 Å². The first-order valence-corrected chi connectivity index (χ1v) is 8.37. The number of hydrogen-bond donors (Lipinski definition) is 0. The van der Waals surface area contributed by atoms with Gasteiger partial charge in [-0.1, -0.05) is 0 Å². The Morgan fingerprint density at radius 1 is 1.15 bits per heavy atom. The summed E-state index contributed by atoms with van der Waals surface area (Å²) in [5.41, 5.74) is 4.84. The van der Waals surface area contributed by atoms with Crippen LogP contribution in [0.3, 0.4) is 0 Å². The van der Waals surface area contributed by atoms with E-state index in [1.165, 1.54) is 7.11 Å². The molecule has 1 aliphatic rings. The number of rotatable bonds is 2. The molecule has 1 amide bonds. The van der Waals surface area contributed by atoms with Gasteiger partial charge in [0.1, 0.15) is 0 Å². The molecule has 7 nitrogen and oxygen atoms in total. The summed E-state index contributed by atoms with van der Waals surface area (Å²) in [6.45, 7) is 3.05. The van der Waals surface area contributed by atoms with E-state index >= 15 is 0 Å². The van der Waals surface area contributed by atoms with Crippen molar-refractivity contribution >= 4 is 17.5 Å². The minimum absolute atomic E-state index is 0.0659. The van der Waals surface area contributed by atoms with Gasteiger partial charge in [-0.3, -0.25) is 4.79 Å². The number of fused-ring (bicyclic) bond motifs is 3. The number of aromatic nitrogens is 3. The fourth-order valence-corrected chi connectivity index (χ4v) is 3.28. The fourth-order valence-electron chi connectivity index (χ4n) is 3.28. The monoisotopic (exact) mass is 350 g/mol. The molecular formula is C19H18N4O3. The van der Waals surface area contributed by atoms with Crippen LogP contribution < -0.4 is 0 Å². The van der Waals surface area contributed by atoms with Crippen molar-refractivity contribution in [3.63, 3.8) is 0 Å². The average Bonchev–Trinajstić information content (AvgIpc) is 3.07. The number of methoxy groups -OCH3 is 1. The van der Waals surface area contributed by atoms with Crippen LogP contribution in [0.2, 0.25) is 0 Å². The van der Waals surface area contributed by atoms with Crippen LogP contribution in [0.4, 0.5) is 0 Å². The Hall–Kier alpha value is -3.22. The summed E-state index contributed by atoms with van der Waals surface area (Å²) in [6, 6.07) is 8.47. The maximum atomic E-state index is 12.8. The molecule has 0 N–H and O–H groups in total. The number of esters is 1. The fraction of sp³-hybridized carbons (Fsp3) is 0.263. The molecule has 0 saturated heterocycles. The number of carbonyl (C=O) groups excluding carboxylic acids is 2. The van der Waals surface area contributed by atoms with E-state index in [2.05, 4.69) is 14.8 Å². The SMILES string of the molecule is COC(=O)c1ccc(C(=O)N2CCc3c(cnc4cc(C)nn34)C2)cc1. The smallest absolute Gasteiger partial charge is 0.337 e. The minimum Gasteiger partial charge on any atom is -0.465 e. The van der Waals surface area contributed by atoms with Gasteiger partial charge in [-0.25, -0.2) is 14.3 Å². The van der Waals surface area contributed by atoms with E-state index in [0.717, 1.165) is 29.0 Å². The highest BCUT2D eigenvalue weighted by Crippen LogP contribution is 2.21. The Bertz CT molecular complexity index is 1010. The van der Waals surface area contributed by atoms with Gasteiger partial charge in [-0.05, 0) is 31.2 Å². The van der Waals surface area contributed by atoms with Crippen molar-refractivity contribution in [3.8, 4) is 0 Å². The largest absolute Gasteiger partial charge is 0.465 e. The third kappa shape index (κ3) is 2.71. The molecule has 1 aromatic carbocycles. The summed E-state index contributed by atoms with van der Waals surface area (Å²) >= 11 is 0. The topological polar surface area (TPSA) is 76.8 Å². The molecule has 0 spiro atoms. The summed E-state index contributed by atoms with van der Waals surface area (Å²) in [7, 11) is 1.33. The summed E-state index contributed by atoms with van der Waals surface area (Å²) < 4.78 is 6.55. The van der Waals surface area contributed by atoms with Crippen LogP contribution in [-0.4, -0.2) is 45.0 Å². The highest BCUT2D eigenvalue weighted by atomic mass is 16.5. The van der Waals surface area contributed by atoms with Crippen molar-refractivity contribution in [2.24, 2.45) is 0 Å². The predicted molar refractivity (Wildman–Crippen MR) is 94.0 cm³/mol. The quantitative estimate of drug-likeness (QED) is 0.661. The second-order valence-corrected chi connectivity index (χ2v) is 6.33. The number of nitrogens with zero attached hydrogens (tertiary/aromatic N) is 4. The van der Waals surface area contributed by atoms with E-state index < -0.39 is 5.97 Å². The zero-order chi connectivity index (χ0) is 18.3. The van der Waals surface area contributed by atoms with Gasteiger partial charge in [0.25, 0.3) is 5.91 Å². The predicted octanol–water partition coefficient (Wildman–Crippen LogP) is 2.02. The molecule has 0 radical (unpaired) electrons. The second kappa shape index (κ2) is 6.25. The molecule has 3 heterocycles. The van der Waals surface area contributed by atoms with Gasteiger partial charge in [0.15, 0.2) is 5.65 Å². The molecule has 7 heteroatoms. The van der Waals surface area contributed by atoms with E-state index in [9.17, 15) is 9.59 Å². The summed E-state index contributed by atoms with van der Waals surface area (Å²) in [4.78, 5) is 30.5. The van der Waals surface area contributed by atoms with Gasteiger partial charge in [0, 0.05) is 42.9 Å². The Morgan fingerprint density at radius 2 is 1.88 bits per heavy atom. The molecule has 26 heavy (non-hydrogen) atoms. The number of amides is 1. The molecule has 0 aliphatic carbocycles. The van der Waals surface area contributed by atoms with E-state index in [-0.39, 0.29) is 5.91 Å². The molecular weight excluding hydrogens is 332 g/mol.